The fourth-order valence-corrected chi connectivity index (χ4v) is 2.08. The van der Waals surface area contributed by atoms with Crippen molar-refractivity contribution in [1.29, 1.82) is 0 Å². The van der Waals surface area contributed by atoms with Gasteiger partial charge in [0.05, 0.1) is 0 Å². The minimum atomic E-state index is 0.692. The molecule has 0 aromatic heterocycles. The molecule has 14 heavy (non-hydrogen) atoms. The van der Waals surface area contributed by atoms with E-state index in [0.717, 1.165) is 18.4 Å². The summed E-state index contributed by atoms with van der Waals surface area (Å²) in [6.45, 7) is 12.6. The molecule has 0 heterocycles. The predicted molar refractivity (Wildman–Crippen MR) is 65.6 cm³/mol. The molecule has 0 saturated heterocycles. The molecule has 2 unspecified atom stereocenters. The van der Waals surface area contributed by atoms with Crippen LogP contribution < -0.4 is 5.32 Å². The highest BCUT2D eigenvalue weighted by Gasteiger charge is 2.13. The van der Waals surface area contributed by atoms with Crippen LogP contribution in [0.5, 0.6) is 0 Å². The van der Waals surface area contributed by atoms with Gasteiger partial charge in [-0.3, -0.25) is 0 Å². The fraction of sp³-hybridized carbons (Fsp3) is 1.00. The van der Waals surface area contributed by atoms with E-state index in [0.29, 0.717) is 6.04 Å². The average molecular weight is 199 g/mol. The summed E-state index contributed by atoms with van der Waals surface area (Å²) in [6, 6.07) is 0.692. The zero-order valence-corrected chi connectivity index (χ0v) is 10.8. The molecule has 0 spiro atoms. The lowest BCUT2D eigenvalue weighted by Crippen LogP contribution is -2.33. The smallest absolute Gasteiger partial charge is 0.00667 e. The molecule has 1 nitrogen and oxygen atoms in total. The zero-order chi connectivity index (χ0) is 11.0. The van der Waals surface area contributed by atoms with E-state index in [1.165, 1.54) is 25.7 Å². The highest BCUT2D eigenvalue weighted by Crippen LogP contribution is 2.18. The highest BCUT2D eigenvalue weighted by atomic mass is 14.9. The first kappa shape index (κ1) is 14.0. The first-order chi connectivity index (χ1) is 6.61. The van der Waals surface area contributed by atoms with E-state index < -0.39 is 0 Å². The van der Waals surface area contributed by atoms with Crippen molar-refractivity contribution in [2.75, 3.05) is 6.54 Å². The van der Waals surface area contributed by atoms with Crippen LogP contribution in [0.4, 0.5) is 0 Å². The van der Waals surface area contributed by atoms with Gasteiger partial charge in [-0.25, -0.2) is 0 Å². The van der Waals surface area contributed by atoms with Crippen molar-refractivity contribution in [2.45, 2.75) is 66.3 Å². The topological polar surface area (TPSA) is 12.0 Å². The maximum absolute atomic E-state index is 3.53. The molecule has 0 amide bonds. The van der Waals surface area contributed by atoms with E-state index in [1.807, 2.05) is 0 Å². The zero-order valence-electron chi connectivity index (χ0n) is 10.8. The van der Waals surface area contributed by atoms with Crippen molar-refractivity contribution in [2.24, 2.45) is 11.8 Å². The Morgan fingerprint density at radius 2 is 1.64 bits per heavy atom. The predicted octanol–water partition coefficient (Wildman–Crippen LogP) is 3.84. The van der Waals surface area contributed by atoms with Gasteiger partial charge in [-0.2, -0.15) is 0 Å². The summed E-state index contributed by atoms with van der Waals surface area (Å²) in [7, 11) is 0. The Kier molecular flexibility index (Phi) is 8.26. The lowest BCUT2D eigenvalue weighted by Gasteiger charge is -2.23. The lowest BCUT2D eigenvalue weighted by molar-refractivity contribution is 0.331. The molecular formula is C13H29N. The molecule has 0 aromatic carbocycles. The van der Waals surface area contributed by atoms with Gasteiger partial charge >= 0.3 is 0 Å². The second kappa shape index (κ2) is 8.28. The van der Waals surface area contributed by atoms with Crippen molar-refractivity contribution < 1.29 is 0 Å². The normalized spacial score (nSPS) is 15.9. The van der Waals surface area contributed by atoms with Crippen LogP contribution >= 0.6 is 0 Å². The van der Waals surface area contributed by atoms with Crippen LogP contribution in [0.25, 0.3) is 0 Å². The summed E-state index contributed by atoms with van der Waals surface area (Å²) < 4.78 is 0. The van der Waals surface area contributed by atoms with Crippen molar-refractivity contribution in [3.05, 3.63) is 0 Å². The van der Waals surface area contributed by atoms with E-state index in [-0.39, 0.29) is 0 Å². The first-order valence-electron chi connectivity index (χ1n) is 6.35. The van der Waals surface area contributed by atoms with Crippen molar-refractivity contribution in [1.82, 2.24) is 5.32 Å². The maximum atomic E-state index is 3.53. The van der Waals surface area contributed by atoms with Gasteiger partial charge in [-0.1, -0.05) is 47.0 Å². The van der Waals surface area contributed by atoms with E-state index in [2.05, 4.69) is 39.9 Å². The molecule has 0 rings (SSSR count). The molecule has 0 fully saturated rings. The summed E-state index contributed by atoms with van der Waals surface area (Å²) in [6.07, 6.45) is 5.48. The summed E-state index contributed by atoms with van der Waals surface area (Å²) >= 11 is 0. The Bertz CT molecular complexity index is 120. The van der Waals surface area contributed by atoms with E-state index >= 15 is 0 Å². The van der Waals surface area contributed by atoms with E-state index in [9.17, 15) is 0 Å². The number of rotatable bonds is 8. The quantitative estimate of drug-likeness (QED) is 0.626. The van der Waals surface area contributed by atoms with Gasteiger partial charge in [-0.05, 0) is 31.7 Å². The Morgan fingerprint density at radius 1 is 1.00 bits per heavy atom. The van der Waals surface area contributed by atoms with Crippen LogP contribution in [0.2, 0.25) is 0 Å². The second-order valence-corrected chi connectivity index (χ2v) is 4.84. The van der Waals surface area contributed by atoms with Gasteiger partial charge in [0.25, 0.3) is 0 Å². The Hall–Kier alpha value is -0.0400. The van der Waals surface area contributed by atoms with Gasteiger partial charge in [0.1, 0.15) is 0 Å². The molecule has 86 valence electrons. The fourth-order valence-electron chi connectivity index (χ4n) is 2.08. The summed E-state index contributed by atoms with van der Waals surface area (Å²) in [5.74, 6) is 1.73. The van der Waals surface area contributed by atoms with Crippen LogP contribution in [-0.4, -0.2) is 12.6 Å². The number of nitrogens with one attached hydrogen (secondary N) is 1. The van der Waals surface area contributed by atoms with Crippen molar-refractivity contribution in [3.8, 4) is 0 Å². The minimum Gasteiger partial charge on any atom is -0.314 e. The van der Waals surface area contributed by atoms with Gasteiger partial charge in [0, 0.05) is 6.04 Å². The summed E-state index contributed by atoms with van der Waals surface area (Å²) in [4.78, 5) is 0. The van der Waals surface area contributed by atoms with Crippen molar-refractivity contribution >= 4 is 0 Å². The minimum absolute atomic E-state index is 0.692. The van der Waals surface area contributed by atoms with Crippen LogP contribution in [-0.2, 0) is 0 Å². The van der Waals surface area contributed by atoms with Crippen LogP contribution in [0, 0.1) is 11.8 Å². The third kappa shape index (κ3) is 6.42. The van der Waals surface area contributed by atoms with Gasteiger partial charge in [0.2, 0.25) is 0 Å². The Balaban J connectivity index is 3.66. The maximum Gasteiger partial charge on any atom is 0.00667 e. The van der Waals surface area contributed by atoms with E-state index in [1.54, 1.807) is 0 Å². The second-order valence-electron chi connectivity index (χ2n) is 4.84. The highest BCUT2D eigenvalue weighted by molar-refractivity contribution is 4.70. The third-order valence-electron chi connectivity index (χ3n) is 3.11. The number of hydrogen-bond donors (Lipinski definition) is 1. The van der Waals surface area contributed by atoms with Gasteiger partial charge in [-0.15, -0.1) is 0 Å². The summed E-state index contributed by atoms with van der Waals surface area (Å²) in [5, 5.41) is 3.53. The molecule has 0 aliphatic heterocycles. The molecule has 0 aliphatic carbocycles. The molecule has 2 atom stereocenters. The van der Waals surface area contributed by atoms with Crippen LogP contribution in [0.3, 0.4) is 0 Å². The molecule has 0 aliphatic rings. The van der Waals surface area contributed by atoms with E-state index in [4.69, 9.17) is 0 Å². The largest absolute Gasteiger partial charge is 0.314 e. The summed E-state index contributed by atoms with van der Waals surface area (Å²) in [5.41, 5.74) is 0. The first-order valence-corrected chi connectivity index (χ1v) is 6.35. The average Bonchev–Trinajstić information content (AvgIpc) is 2.12. The monoisotopic (exact) mass is 199 g/mol. The SMILES string of the molecule is CCNC(C)C(CC)CCCC(C)C. The molecule has 0 bridgehead atoms. The number of hydrogen-bond acceptors (Lipinski definition) is 1. The molecule has 0 aromatic rings. The van der Waals surface area contributed by atoms with Crippen molar-refractivity contribution in [3.63, 3.8) is 0 Å². The molecule has 0 radical (unpaired) electrons. The Labute approximate surface area is 90.7 Å². The lowest BCUT2D eigenvalue weighted by atomic mass is 9.91. The molecule has 1 heteroatoms. The van der Waals surface area contributed by atoms with Gasteiger partial charge in [0.15, 0.2) is 0 Å². The van der Waals surface area contributed by atoms with Crippen LogP contribution in [0.1, 0.15) is 60.3 Å². The molecular weight excluding hydrogens is 170 g/mol. The molecule has 0 saturated carbocycles. The third-order valence-corrected chi connectivity index (χ3v) is 3.11. The molecule has 1 N–H and O–H groups in total. The van der Waals surface area contributed by atoms with Gasteiger partial charge < -0.3 is 5.32 Å². The van der Waals surface area contributed by atoms with Crippen LogP contribution in [0.15, 0.2) is 0 Å². The standard InChI is InChI=1S/C13H29N/c1-6-13(12(5)14-7-2)10-8-9-11(3)4/h11-14H,6-10H2,1-5H3. The Morgan fingerprint density at radius 3 is 2.07 bits per heavy atom.